The molecule has 17 N–H and O–H groups in total. The Labute approximate surface area is 221 Å². The van der Waals surface area contributed by atoms with Crippen LogP contribution in [0, 0.1) is 0 Å². The van der Waals surface area contributed by atoms with E-state index in [1.165, 1.54) is 0 Å². The van der Waals surface area contributed by atoms with Gasteiger partial charge in [-0.1, -0.05) is 0 Å². The molecule has 16 heteroatoms. The van der Waals surface area contributed by atoms with Crippen LogP contribution in [0.15, 0.2) is 0 Å². The number of nitrogens with one attached hydrogen (secondary N) is 1. The van der Waals surface area contributed by atoms with Crippen LogP contribution in [0.3, 0.4) is 0 Å². The van der Waals surface area contributed by atoms with Crippen LogP contribution in [0.1, 0.15) is 25.7 Å². The third kappa shape index (κ3) is 7.15. The van der Waals surface area contributed by atoms with E-state index in [0.29, 0.717) is 12.8 Å². The average molecular weight is 552 g/mol. The molecule has 1 saturated carbocycles. The van der Waals surface area contributed by atoms with Gasteiger partial charge in [-0.25, -0.2) is 0 Å². The number of aliphatic hydroxyl groups is 4. The Kier molecular flexibility index (Phi) is 11.6. The average Bonchev–Trinajstić information content (AvgIpc) is 2.89. The summed E-state index contributed by atoms with van der Waals surface area (Å²) in [7, 11) is 0. The lowest BCUT2D eigenvalue weighted by molar-refractivity contribution is -0.310. The van der Waals surface area contributed by atoms with E-state index in [4.69, 9.17) is 53.3 Å². The lowest BCUT2D eigenvalue weighted by Gasteiger charge is -2.48. The highest BCUT2D eigenvalue weighted by atomic mass is 16.7. The van der Waals surface area contributed by atoms with Gasteiger partial charge >= 0.3 is 0 Å². The summed E-state index contributed by atoms with van der Waals surface area (Å²) in [6, 6.07) is -3.39. The standard InChI is InChI=1S/C22H45N7O9/c23-4-3-12(30)20(34)29-11-5-10(27)18(37-21-9(26)2-1-8(6-24)35-21)17(33)19(11)38-22-16(32)14(28)15(31)13(7-25)36-22/h8-19,21-22,30-33H,1-7,23-28H2,(H,29,34)/t8?,9?,10-,11+,12-,13?,14-,15+,16?,17?,18?,19-,21+,22+/m0/s1. The highest BCUT2D eigenvalue weighted by Crippen LogP contribution is 2.31. The van der Waals surface area contributed by atoms with Gasteiger partial charge in [0.05, 0.1) is 30.3 Å². The Morgan fingerprint density at radius 2 is 1.58 bits per heavy atom. The van der Waals surface area contributed by atoms with Gasteiger partial charge in [0.1, 0.15) is 36.6 Å². The Balaban J connectivity index is 1.82. The van der Waals surface area contributed by atoms with Gasteiger partial charge in [-0.3, -0.25) is 4.79 Å². The molecule has 0 radical (unpaired) electrons. The van der Waals surface area contributed by atoms with Gasteiger partial charge in [0.25, 0.3) is 0 Å². The third-order valence-corrected chi connectivity index (χ3v) is 7.42. The molecule has 38 heavy (non-hydrogen) atoms. The van der Waals surface area contributed by atoms with E-state index >= 15 is 0 Å². The first-order valence-corrected chi connectivity index (χ1v) is 13.0. The van der Waals surface area contributed by atoms with Crippen molar-refractivity contribution in [2.24, 2.45) is 34.4 Å². The molecule has 222 valence electrons. The summed E-state index contributed by atoms with van der Waals surface area (Å²) in [5.74, 6) is -0.742. The largest absolute Gasteiger partial charge is 0.389 e. The SMILES string of the molecule is NCC[C@H](O)C(=O)N[C@@H]1C[C@H](N)C(O[C@H]2OC(CN)CCC2N)C(O)[C@H]1O[C@H]1OC(CN)[C@@H](O)[C@H](N)C1O. The monoisotopic (exact) mass is 551 g/mol. The summed E-state index contributed by atoms with van der Waals surface area (Å²) in [6.45, 7) is 0.226. The summed E-state index contributed by atoms with van der Waals surface area (Å²) in [5.41, 5.74) is 35.3. The van der Waals surface area contributed by atoms with Gasteiger partial charge in [0.15, 0.2) is 12.6 Å². The van der Waals surface area contributed by atoms with Crippen LogP contribution in [-0.2, 0) is 23.7 Å². The molecule has 6 unspecified atom stereocenters. The normalized spacial score (nSPS) is 44.9. The zero-order chi connectivity index (χ0) is 28.1. The van der Waals surface area contributed by atoms with Gasteiger partial charge in [-0.2, -0.15) is 0 Å². The van der Waals surface area contributed by atoms with Crippen molar-refractivity contribution < 1.29 is 44.2 Å². The topological polar surface area (TPSA) is 303 Å². The minimum Gasteiger partial charge on any atom is -0.389 e. The number of carbonyl (C=O) groups is 1. The molecular formula is C22H45N7O9. The van der Waals surface area contributed by atoms with E-state index in [1.54, 1.807) is 0 Å². The number of aliphatic hydroxyl groups excluding tert-OH is 4. The predicted molar refractivity (Wildman–Crippen MR) is 133 cm³/mol. The number of ether oxygens (including phenoxy) is 4. The van der Waals surface area contributed by atoms with Crippen LogP contribution in [-0.4, -0.2) is 132 Å². The van der Waals surface area contributed by atoms with Crippen molar-refractivity contribution in [3.63, 3.8) is 0 Å². The van der Waals surface area contributed by atoms with Crippen LogP contribution in [0.2, 0.25) is 0 Å². The van der Waals surface area contributed by atoms with Gasteiger partial charge in [0.2, 0.25) is 5.91 Å². The van der Waals surface area contributed by atoms with Crippen LogP contribution in [0.25, 0.3) is 0 Å². The van der Waals surface area contributed by atoms with Gasteiger partial charge in [-0.15, -0.1) is 0 Å². The van der Waals surface area contributed by atoms with Crippen LogP contribution in [0.5, 0.6) is 0 Å². The number of rotatable bonds is 10. The summed E-state index contributed by atoms with van der Waals surface area (Å²) < 4.78 is 23.5. The number of nitrogens with two attached hydrogens (primary N) is 6. The molecule has 2 aliphatic heterocycles. The first-order valence-electron chi connectivity index (χ1n) is 13.0. The Morgan fingerprint density at radius 1 is 0.895 bits per heavy atom. The van der Waals surface area contributed by atoms with Crippen LogP contribution < -0.4 is 39.7 Å². The van der Waals surface area contributed by atoms with Crippen molar-refractivity contribution in [2.75, 3.05) is 19.6 Å². The molecule has 2 heterocycles. The van der Waals surface area contributed by atoms with E-state index < -0.39 is 85.4 Å². The summed E-state index contributed by atoms with van der Waals surface area (Å²) in [4.78, 5) is 12.6. The second-order valence-electron chi connectivity index (χ2n) is 10.2. The fourth-order valence-corrected chi connectivity index (χ4v) is 5.07. The summed E-state index contributed by atoms with van der Waals surface area (Å²) in [5, 5.41) is 45.0. The highest BCUT2D eigenvalue weighted by Gasteiger charge is 2.51. The molecule has 3 aliphatic rings. The van der Waals surface area contributed by atoms with Gasteiger partial charge in [-0.05, 0) is 32.2 Å². The number of hydrogen-bond acceptors (Lipinski definition) is 15. The fraction of sp³-hybridized carbons (Fsp3) is 0.955. The molecule has 16 nitrogen and oxygen atoms in total. The maximum atomic E-state index is 12.6. The minimum absolute atomic E-state index is 0.0129. The van der Waals surface area contributed by atoms with Gasteiger partial charge in [0, 0.05) is 19.1 Å². The molecule has 1 aliphatic carbocycles. The lowest BCUT2D eigenvalue weighted by Crippen LogP contribution is -2.69. The van der Waals surface area contributed by atoms with Crippen molar-refractivity contribution in [3.8, 4) is 0 Å². The number of amides is 1. The second-order valence-corrected chi connectivity index (χ2v) is 10.2. The maximum Gasteiger partial charge on any atom is 0.249 e. The van der Waals surface area contributed by atoms with E-state index in [0.717, 1.165) is 0 Å². The molecule has 3 rings (SSSR count). The Morgan fingerprint density at radius 3 is 2.21 bits per heavy atom. The van der Waals surface area contributed by atoms with E-state index in [-0.39, 0.29) is 38.6 Å². The number of hydrogen-bond donors (Lipinski definition) is 11. The molecular weight excluding hydrogens is 506 g/mol. The van der Waals surface area contributed by atoms with E-state index in [9.17, 15) is 25.2 Å². The van der Waals surface area contributed by atoms with Crippen molar-refractivity contribution in [3.05, 3.63) is 0 Å². The zero-order valence-electron chi connectivity index (χ0n) is 21.3. The summed E-state index contributed by atoms with van der Waals surface area (Å²) >= 11 is 0. The molecule has 14 atom stereocenters. The molecule has 0 aromatic rings. The zero-order valence-corrected chi connectivity index (χ0v) is 21.3. The molecule has 2 saturated heterocycles. The number of carbonyl (C=O) groups excluding carboxylic acids is 1. The lowest BCUT2D eigenvalue weighted by atomic mass is 9.83. The molecule has 3 fully saturated rings. The van der Waals surface area contributed by atoms with E-state index in [1.807, 2.05) is 0 Å². The smallest absolute Gasteiger partial charge is 0.249 e. The minimum atomic E-state index is -1.49. The Bertz CT molecular complexity index is 756. The predicted octanol–water partition coefficient (Wildman–Crippen LogP) is -6.43. The molecule has 0 spiro atoms. The third-order valence-electron chi connectivity index (χ3n) is 7.42. The first kappa shape index (κ1) is 31.4. The van der Waals surface area contributed by atoms with Crippen molar-refractivity contribution in [1.29, 1.82) is 0 Å². The van der Waals surface area contributed by atoms with Crippen LogP contribution >= 0.6 is 0 Å². The van der Waals surface area contributed by atoms with Crippen molar-refractivity contribution >= 4 is 5.91 Å². The highest BCUT2D eigenvalue weighted by molar-refractivity contribution is 5.80. The second kappa shape index (κ2) is 14.0. The fourth-order valence-electron chi connectivity index (χ4n) is 5.07. The van der Waals surface area contributed by atoms with Crippen molar-refractivity contribution in [2.45, 2.75) is 111 Å². The maximum absolute atomic E-state index is 12.6. The van der Waals surface area contributed by atoms with Crippen molar-refractivity contribution in [1.82, 2.24) is 5.32 Å². The molecule has 1 amide bonds. The van der Waals surface area contributed by atoms with Crippen LogP contribution in [0.4, 0.5) is 0 Å². The Hall–Kier alpha value is -1.09. The molecule has 0 aromatic carbocycles. The first-order chi connectivity index (χ1) is 18.0. The molecule has 0 bridgehead atoms. The van der Waals surface area contributed by atoms with E-state index in [2.05, 4.69) is 5.32 Å². The molecule has 0 aromatic heterocycles. The van der Waals surface area contributed by atoms with Gasteiger partial charge < -0.3 is 79.1 Å². The summed E-state index contributed by atoms with van der Waals surface area (Å²) in [6.07, 6.45) is -10.1. The quantitative estimate of drug-likeness (QED) is 0.120.